The molecule has 2 aliphatic rings. The van der Waals surface area contributed by atoms with E-state index >= 15 is 0 Å². The molecule has 2 aliphatic carbocycles. The van der Waals surface area contributed by atoms with E-state index in [1.54, 1.807) is 12.1 Å². The Balaban J connectivity index is 1.39. The third kappa shape index (κ3) is 3.98. The molecule has 0 heterocycles. The summed E-state index contributed by atoms with van der Waals surface area (Å²) >= 11 is 0. The van der Waals surface area contributed by atoms with Crippen LogP contribution in [0.2, 0.25) is 0 Å². The summed E-state index contributed by atoms with van der Waals surface area (Å²) in [4.78, 5) is 0. The normalized spacial score (nSPS) is 15.1. The van der Waals surface area contributed by atoms with Crippen LogP contribution in [0.4, 0.5) is 4.39 Å². The van der Waals surface area contributed by atoms with Gasteiger partial charge in [-0.2, -0.15) is 0 Å². The number of fused-ring (bicyclic) bond motifs is 5. The molecule has 0 atom stereocenters. The predicted octanol–water partition coefficient (Wildman–Crippen LogP) is 12.7. The van der Waals surface area contributed by atoms with Crippen molar-refractivity contribution in [1.29, 1.82) is 0 Å². The molecule has 7 aromatic carbocycles. The monoisotopic (exact) mass is 592 g/mol. The van der Waals surface area contributed by atoms with Crippen molar-refractivity contribution in [3.8, 4) is 33.4 Å². The number of allylic oxidation sites excluding steroid dienone is 4. The molecule has 0 aromatic heterocycles. The van der Waals surface area contributed by atoms with Gasteiger partial charge in [0.2, 0.25) is 0 Å². The zero-order chi connectivity index (χ0) is 31.0. The first-order chi connectivity index (χ1) is 22.5. The summed E-state index contributed by atoms with van der Waals surface area (Å²) in [5, 5.41) is 7.24. The highest BCUT2D eigenvalue weighted by Crippen LogP contribution is 2.52. The van der Waals surface area contributed by atoms with Gasteiger partial charge in [0, 0.05) is 5.41 Å². The molecule has 0 amide bonds. The van der Waals surface area contributed by atoms with Crippen LogP contribution in [0.15, 0.2) is 145 Å². The second-order valence-corrected chi connectivity index (χ2v) is 13.3. The van der Waals surface area contributed by atoms with E-state index in [0.717, 1.165) is 24.0 Å². The van der Waals surface area contributed by atoms with Gasteiger partial charge in [-0.25, -0.2) is 4.39 Å². The zero-order valence-corrected chi connectivity index (χ0v) is 26.1. The van der Waals surface area contributed by atoms with E-state index in [2.05, 4.69) is 129 Å². The Morgan fingerprint density at radius 2 is 1.20 bits per heavy atom. The fraction of sp³-hybridized carbons (Fsp3) is 0.111. The molecule has 0 nitrogen and oxygen atoms in total. The topological polar surface area (TPSA) is 0 Å². The van der Waals surface area contributed by atoms with E-state index < -0.39 is 0 Å². The minimum Gasteiger partial charge on any atom is -0.207 e. The van der Waals surface area contributed by atoms with Gasteiger partial charge in [-0.3, -0.25) is 0 Å². The molecule has 0 saturated carbocycles. The van der Waals surface area contributed by atoms with Crippen LogP contribution < -0.4 is 0 Å². The number of rotatable bonds is 3. The zero-order valence-electron chi connectivity index (χ0n) is 26.1. The lowest BCUT2D eigenvalue weighted by molar-refractivity contribution is 0.628. The van der Waals surface area contributed by atoms with Crippen LogP contribution >= 0.6 is 0 Å². The molecule has 1 heteroatoms. The van der Waals surface area contributed by atoms with Crippen LogP contribution in [-0.4, -0.2) is 0 Å². The van der Waals surface area contributed by atoms with Gasteiger partial charge in [0.05, 0.1) is 0 Å². The maximum Gasteiger partial charge on any atom is 0.123 e. The van der Waals surface area contributed by atoms with E-state index in [4.69, 9.17) is 0 Å². The Hall–Kier alpha value is -5.27. The number of hydrogen-bond donors (Lipinski definition) is 0. The molecule has 7 aromatic rings. The molecule has 0 fully saturated rings. The standard InChI is InChI=1S/C45H33F/c1-45(2)41-17-8-7-13-35(41)39-27-31(21-25-42(39)45)44-37-15-6-5-14-36(37)43(29-18-22-32(46)23-19-29)38-24-20-30(26-40(38)44)34-16-9-11-28-10-3-4-12-33(28)34/h3-6,8-12,14-27H,7,13H2,1-2H3. The highest BCUT2D eigenvalue weighted by atomic mass is 19.1. The van der Waals surface area contributed by atoms with Gasteiger partial charge in [0.25, 0.3) is 0 Å². The van der Waals surface area contributed by atoms with Gasteiger partial charge in [-0.1, -0.05) is 129 Å². The highest BCUT2D eigenvalue weighted by Gasteiger charge is 2.37. The average Bonchev–Trinajstić information content (AvgIpc) is 3.33. The van der Waals surface area contributed by atoms with Gasteiger partial charge in [0.15, 0.2) is 0 Å². The SMILES string of the molecule is CC1(C)C2=C(CCC=C2)c2cc(-c3c4ccccc4c(-c4ccc(F)cc4)c4ccc(-c5cccc6ccccc56)cc34)ccc21. The fourth-order valence-electron chi connectivity index (χ4n) is 8.23. The first-order valence-electron chi connectivity index (χ1n) is 16.3. The van der Waals surface area contributed by atoms with Gasteiger partial charge < -0.3 is 0 Å². The van der Waals surface area contributed by atoms with Crippen molar-refractivity contribution in [3.63, 3.8) is 0 Å². The molecule has 0 saturated heterocycles. The third-order valence-corrected chi connectivity index (χ3v) is 10.4. The summed E-state index contributed by atoms with van der Waals surface area (Å²) in [5.74, 6) is -0.223. The molecule has 0 unspecified atom stereocenters. The lowest BCUT2D eigenvalue weighted by Crippen LogP contribution is -2.16. The van der Waals surface area contributed by atoms with Gasteiger partial charge >= 0.3 is 0 Å². The first-order valence-corrected chi connectivity index (χ1v) is 16.3. The minimum absolute atomic E-state index is 0.00176. The maximum absolute atomic E-state index is 14.2. The van der Waals surface area contributed by atoms with Crippen molar-refractivity contribution in [2.24, 2.45) is 0 Å². The van der Waals surface area contributed by atoms with E-state index in [1.807, 2.05) is 12.1 Å². The van der Waals surface area contributed by atoms with Crippen molar-refractivity contribution in [1.82, 2.24) is 0 Å². The Labute approximate surface area is 269 Å². The predicted molar refractivity (Wildman–Crippen MR) is 194 cm³/mol. The largest absolute Gasteiger partial charge is 0.207 e. The molecule has 9 rings (SSSR count). The molecule has 0 radical (unpaired) electrons. The van der Waals surface area contributed by atoms with E-state index in [9.17, 15) is 4.39 Å². The summed E-state index contributed by atoms with van der Waals surface area (Å²) < 4.78 is 14.2. The van der Waals surface area contributed by atoms with Crippen LogP contribution in [-0.2, 0) is 5.41 Å². The third-order valence-electron chi connectivity index (χ3n) is 10.4. The molecule has 0 N–H and O–H groups in total. The summed E-state index contributed by atoms with van der Waals surface area (Å²) in [5.41, 5.74) is 12.8. The molecular weight excluding hydrogens is 559 g/mol. The van der Waals surface area contributed by atoms with Gasteiger partial charge in [0.1, 0.15) is 5.82 Å². The van der Waals surface area contributed by atoms with Crippen molar-refractivity contribution in [2.75, 3.05) is 0 Å². The second kappa shape index (κ2) is 10.1. The average molecular weight is 593 g/mol. The molecule has 220 valence electrons. The van der Waals surface area contributed by atoms with Crippen LogP contribution in [0.1, 0.15) is 37.8 Å². The highest BCUT2D eigenvalue weighted by molar-refractivity contribution is 6.22. The number of hydrogen-bond acceptors (Lipinski definition) is 0. The van der Waals surface area contributed by atoms with Gasteiger partial charge in [-0.05, 0) is 125 Å². The summed E-state index contributed by atoms with van der Waals surface area (Å²) in [6, 6.07) is 45.0. The van der Waals surface area contributed by atoms with Crippen molar-refractivity contribution in [2.45, 2.75) is 32.1 Å². The van der Waals surface area contributed by atoms with Crippen LogP contribution in [0.5, 0.6) is 0 Å². The van der Waals surface area contributed by atoms with Crippen LogP contribution in [0, 0.1) is 5.82 Å². The number of benzene rings is 7. The smallest absolute Gasteiger partial charge is 0.123 e. The Kier molecular flexibility index (Phi) is 5.96. The fourth-order valence-corrected chi connectivity index (χ4v) is 8.23. The van der Waals surface area contributed by atoms with E-state index in [-0.39, 0.29) is 11.2 Å². The molecule has 46 heavy (non-hydrogen) atoms. The summed E-state index contributed by atoms with van der Waals surface area (Å²) in [6.45, 7) is 4.73. The Bertz CT molecular complexity index is 2430. The van der Waals surface area contributed by atoms with Crippen LogP contribution in [0.3, 0.4) is 0 Å². The summed E-state index contributed by atoms with van der Waals surface area (Å²) in [6.07, 6.45) is 6.86. The Morgan fingerprint density at radius 1 is 0.543 bits per heavy atom. The summed E-state index contributed by atoms with van der Waals surface area (Å²) in [7, 11) is 0. The maximum atomic E-state index is 14.2. The quantitative estimate of drug-likeness (QED) is 0.179. The van der Waals surface area contributed by atoms with Crippen molar-refractivity contribution in [3.05, 3.63) is 162 Å². The lowest BCUT2D eigenvalue weighted by Gasteiger charge is -2.24. The van der Waals surface area contributed by atoms with E-state index in [0.29, 0.717) is 0 Å². The van der Waals surface area contributed by atoms with E-state index in [1.165, 1.54) is 76.8 Å². The molecule has 0 aliphatic heterocycles. The Morgan fingerprint density at radius 3 is 2.00 bits per heavy atom. The minimum atomic E-state index is -0.223. The van der Waals surface area contributed by atoms with Gasteiger partial charge in [-0.15, -0.1) is 0 Å². The number of halogens is 1. The molecule has 0 spiro atoms. The molecular formula is C45H33F. The molecule has 0 bridgehead atoms. The van der Waals surface area contributed by atoms with Crippen LogP contribution in [0.25, 0.3) is 71.3 Å². The lowest BCUT2D eigenvalue weighted by atomic mass is 9.79. The van der Waals surface area contributed by atoms with Crippen molar-refractivity contribution >= 4 is 37.9 Å². The van der Waals surface area contributed by atoms with Crippen molar-refractivity contribution < 1.29 is 4.39 Å². The first kappa shape index (κ1) is 27.1. The second-order valence-electron chi connectivity index (χ2n) is 13.3.